The highest BCUT2D eigenvalue weighted by atomic mass is 79.9. The first-order valence-corrected chi connectivity index (χ1v) is 11.7. The Hall–Kier alpha value is -2.32. The number of hydrogen-bond acceptors (Lipinski definition) is 4. The third-order valence-electron chi connectivity index (χ3n) is 4.93. The zero-order valence-corrected chi connectivity index (χ0v) is 18.6. The Morgan fingerprint density at radius 3 is 2.55 bits per heavy atom. The average Bonchev–Trinajstić information content (AvgIpc) is 3.02. The first-order chi connectivity index (χ1) is 13.7. The van der Waals surface area contributed by atoms with Crippen LogP contribution in [0.1, 0.15) is 19.4 Å². The molecule has 5 nitrogen and oxygen atoms in total. The fourth-order valence-electron chi connectivity index (χ4n) is 3.47. The van der Waals surface area contributed by atoms with Crippen LogP contribution in [0, 0.1) is 12.7 Å². The molecule has 0 unspecified atom stereocenters. The van der Waals surface area contributed by atoms with Crippen LogP contribution in [0.25, 0.3) is 33.7 Å². The monoisotopic (exact) mass is 475 g/mol. The van der Waals surface area contributed by atoms with Gasteiger partial charge >= 0.3 is 0 Å². The van der Waals surface area contributed by atoms with Crippen molar-refractivity contribution in [1.29, 1.82) is 0 Å². The quantitative estimate of drug-likeness (QED) is 0.405. The topological polar surface area (TPSA) is 64.8 Å². The number of sulfone groups is 1. The van der Waals surface area contributed by atoms with Crippen LogP contribution < -0.4 is 0 Å². The molecule has 0 atom stereocenters. The van der Waals surface area contributed by atoms with Crippen molar-refractivity contribution in [2.24, 2.45) is 0 Å². The largest absolute Gasteiger partial charge is 0.344 e. The van der Waals surface area contributed by atoms with Crippen LogP contribution >= 0.6 is 15.9 Å². The van der Waals surface area contributed by atoms with Gasteiger partial charge in [-0.15, -0.1) is 0 Å². The molecule has 4 rings (SSSR count). The highest BCUT2D eigenvalue weighted by Gasteiger charge is 2.28. The van der Waals surface area contributed by atoms with E-state index in [1.54, 1.807) is 35.8 Å². The Morgan fingerprint density at radius 1 is 1.10 bits per heavy atom. The number of pyridine rings is 2. The van der Waals surface area contributed by atoms with Crippen molar-refractivity contribution in [1.82, 2.24) is 14.5 Å². The standard InChI is InChI=1S/C21H19BrFN3O2S/c1-4-26-11-12(3)8-16-21(26)18(23)20(25-16)19-17(29(27,28)5-2)9-13-6-7-14(22)10-15(13)24-19/h6-11H,4-5H2,1-3H3. The maximum absolute atomic E-state index is 15.5. The SMILES string of the molecule is CCn1cc(C)cc2nc(-c3nc4cc(Br)ccc4cc3S(=O)(=O)CC)c(F)c1-2. The van der Waals surface area contributed by atoms with Gasteiger partial charge < -0.3 is 4.57 Å². The molecule has 0 bridgehead atoms. The van der Waals surface area contributed by atoms with Crippen molar-refractivity contribution in [2.75, 3.05) is 5.75 Å². The molecule has 29 heavy (non-hydrogen) atoms. The fourth-order valence-corrected chi connectivity index (χ4v) is 4.88. The van der Waals surface area contributed by atoms with Gasteiger partial charge in [-0.05, 0) is 43.7 Å². The molecule has 0 aliphatic carbocycles. The summed E-state index contributed by atoms with van der Waals surface area (Å²) in [6, 6.07) is 8.72. The molecule has 1 aromatic carbocycles. The van der Waals surface area contributed by atoms with Gasteiger partial charge in [0, 0.05) is 22.6 Å². The van der Waals surface area contributed by atoms with E-state index in [2.05, 4.69) is 25.9 Å². The summed E-state index contributed by atoms with van der Waals surface area (Å²) in [7, 11) is -3.64. The molecular formula is C21H19BrFN3O2S. The number of aromatic nitrogens is 3. The Kier molecular flexibility index (Phi) is 4.94. The molecule has 0 radical (unpaired) electrons. The van der Waals surface area contributed by atoms with Gasteiger partial charge in [0.15, 0.2) is 15.7 Å². The smallest absolute Gasteiger partial charge is 0.180 e. The Labute approximate surface area is 177 Å². The molecule has 0 saturated heterocycles. The molecule has 1 aromatic heterocycles. The minimum absolute atomic E-state index is 0.00343. The summed E-state index contributed by atoms with van der Waals surface area (Å²) in [6.07, 6.45) is 1.85. The van der Waals surface area contributed by atoms with Gasteiger partial charge in [-0.25, -0.2) is 22.8 Å². The maximum Gasteiger partial charge on any atom is 0.180 e. The van der Waals surface area contributed by atoms with Gasteiger partial charge in [0.05, 0.1) is 21.9 Å². The lowest BCUT2D eigenvalue weighted by atomic mass is 10.1. The van der Waals surface area contributed by atoms with Gasteiger partial charge in [-0.3, -0.25) is 0 Å². The molecule has 0 fully saturated rings. The molecule has 2 aliphatic rings. The minimum atomic E-state index is -3.64. The van der Waals surface area contributed by atoms with Crippen LogP contribution in [0.4, 0.5) is 4.39 Å². The molecule has 8 heteroatoms. The second kappa shape index (κ2) is 7.18. The van der Waals surface area contributed by atoms with Crippen molar-refractivity contribution in [3.63, 3.8) is 0 Å². The third-order valence-corrected chi connectivity index (χ3v) is 7.16. The summed E-state index contributed by atoms with van der Waals surface area (Å²) < 4.78 is 43.7. The van der Waals surface area contributed by atoms with Crippen LogP contribution in [-0.2, 0) is 16.4 Å². The number of aryl methyl sites for hydroxylation is 2. The normalized spacial score (nSPS) is 12.2. The van der Waals surface area contributed by atoms with E-state index in [4.69, 9.17) is 0 Å². The summed E-state index contributed by atoms with van der Waals surface area (Å²) in [5.74, 6) is -0.671. The van der Waals surface area contributed by atoms with Gasteiger partial charge in [0.1, 0.15) is 17.1 Å². The van der Waals surface area contributed by atoms with E-state index in [1.807, 2.05) is 26.1 Å². The van der Waals surface area contributed by atoms with Gasteiger partial charge in [-0.2, -0.15) is 0 Å². The first-order valence-electron chi connectivity index (χ1n) is 9.24. The number of halogens is 2. The molecule has 2 aliphatic heterocycles. The molecule has 0 amide bonds. The number of benzene rings is 1. The molecule has 0 spiro atoms. The molecule has 0 saturated carbocycles. The summed E-state index contributed by atoms with van der Waals surface area (Å²) >= 11 is 3.40. The molecule has 2 aromatic rings. The molecular weight excluding hydrogens is 457 g/mol. The van der Waals surface area contributed by atoms with Crippen LogP contribution in [0.15, 0.2) is 45.9 Å². The number of nitrogens with zero attached hydrogens (tertiary/aromatic N) is 3. The Bertz CT molecular complexity index is 1330. The van der Waals surface area contributed by atoms with Crippen LogP contribution in [0.2, 0.25) is 0 Å². The first kappa shape index (κ1) is 20.0. The zero-order valence-electron chi connectivity index (χ0n) is 16.2. The number of hydrogen-bond donors (Lipinski definition) is 0. The van der Waals surface area contributed by atoms with Gasteiger partial charge in [0.2, 0.25) is 0 Å². The maximum atomic E-state index is 15.5. The Balaban J connectivity index is 2.11. The second-order valence-corrected chi connectivity index (χ2v) is 10.0. The summed E-state index contributed by atoms with van der Waals surface area (Å²) in [6.45, 7) is 5.96. The fraction of sp³-hybridized carbons (Fsp3) is 0.238. The van der Waals surface area contributed by atoms with E-state index in [9.17, 15) is 8.42 Å². The van der Waals surface area contributed by atoms with E-state index in [1.165, 1.54) is 0 Å². The lowest BCUT2D eigenvalue weighted by molar-refractivity contribution is 0.596. The highest BCUT2D eigenvalue weighted by Crippen LogP contribution is 2.37. The third kappa shape index (κ3) is 3.34. The predicted octanol–water partition coefficient (Wildman–Crippen LogP) is 5.23. The van der Waals surface area contributed by atoms with Crippen LogP contribution in [0.5, 0.6) is 0 Å². The minimum Gasteiger partial charge on any atom is -0.344 e. The number of rotatable bonds is 4. The van der Waals surface area contributed by atoms with Crippen molar-refractivity contribution in [2.45, 2.75) is 32.2 Å². The molecule has 3 heterocycles. The molecule has 0 N–H and O–H groups in total. The van der Waals surface area contributed by atoms with Crippen molar-refractivity contribution in [3.8, 4) is 22.8 Å². The average molecular weight is 476 g/mol. The predicted molar refractivity (Wildman–Crippen MR) is 115 cm³/mol. The molecule has 150 valence electrons. The van der Waals surface area contributed by atoms with E-state index in [0.717, 1.165) is 10.0 Å². The second-order valence-electron chi connectivity index (χ2n) is 6.89. The zero-order chi connectivity index (χ0) is 20.9. The van der Waals surface area contributed by atoms with Crippen LogP contribution in [-0.4, -0.2) is 28.7 Å². The summed E-state index contributed by atoms with van der Waals surface area (Å²) in [5, 5.41) is 0.667. The van der Waals surface area contributed by atoms with Crippen LogP contribution in [0.3, 0.4) is 0 Å². The van der Waals surface area contributed by atoms with E-state index in [-0.39, 0.29) is 22.0 Å². The number of fused-ring (bicyclic) bond motifs is 2. The summed E-state index contributed by atoms with van der Waals surface area (Å²) in [4.78, 5) is 8.99. The lowest BCUT2D eigenvalue weighted by Gasteiger charge is -2.11. The summed E-state index contributed by atoms with van der Waals surface area (Å²) in [5.41, 5.74) is 2.35. The van der Waals surface area contributed by atoms with Crippen molar-refractivity contribution >= 4 is 36.7 Å². The van der Waals surface area contributed by atoms with E-state index in [0.29, 0.717) is 28.8 Å². The van der Waals surface area contributed by atoms with E-state index >= 15 is 4.39 Å². The lowest BCUT2D eigenvalue weighted by Crippen LogP contribution is -2.08. The highest BCUT2D eigenvalue weighted by molar-refractivity contribution is 9.10. The van der Waals surface area contributed by atoms with Crippen molar-refractivity contribution < 1.29 is 12.8 Å². The van der Waals surface area contributed by atoms with E-state index < -0.39 is 15.7 Å². The van der Waals surface area contributed by atoms with Gasteiger partial charge in [0.25, 0.3) is 0 Å². The van der Waals surface area contributed by atoms with Crippen molar-refractivity contribution in [3.05, 3.63) is 52.4 Å². The Morgan fingerprint density at radius 2 is 1.86 bits per heavy atom. The van der Waals surface area contributed by atoms with Gasteiger partial charge in [-0.1, -0.05) is 28.9 Å².